The molecule has 3 heteroatoms. The number of carboxylic acid groups (broad SMARTS) is 1. The summed E-state index contributed by atoms with van der Waals surface area (Å²) in [5, 5.41) is 8.61. The van der Waals surface area contributed by atoms with E-state index in [1.54, 1.807) is 12.1 Å². The van der Waals surface area contributed by atoms with Crippen molar-refractivity contribution in [3.05, 3.63) is 35.4 Å². The topological polar surface area (TPSA) is 37.3 Å². The highest BCUT2D eigenvalue weighted by atomic mass is 35.5. The Hall–Kier alpha value is -1.02. The van der Waals surface area contributed by atoms with Gasteiger partial charge in [0.2, 0.25) is 0 Å². The molecule has 0 amide bonds. The van der Waals surface area contributed by atoms with Crippen molar-refractivity contribution in [2.75, 3.05) is 0 Å². The van der Waals surface area contributed by atoms with Gasteiger partial charge in [-0.15, -0.1) is 12.4 Å². The number of carbonyl (C=O) groups is 1. The maximum atomic E-state index is 10.5. The van der Waals surface area contributed by atoms with Gasteiger partial charge in [-0.3, -0.25) is 0 Å². The SMILES string of the molecule is CC(C)c1ccc(C(=O)O)cc1.Cl. The van der Waals surface area contributed by atoms with E-state index in [1.807, 2.05) is 12.1 Å². The molecule has 2 nitrogen and oxygen atoms in total. The quantitative estimate of drug-likeness (QED) is 0.797. The molecule has 0 fully saturated rings. The van der Waals surface area contributed by atoms with Crippen LogP contribution in [0.5, 0.6) is 0 Å². The van der Waals surface area contributed by atoms with Crippen LogP contribution in [-0.4, -0.2) is 11.1 Å². The van der Waals surface area contributed by atoms with Gasteiger partial charge < -0.3 is 5.11 Å². The molecule has 0 saturated carbocycles. The Morgan fingerprint density at radius 1 is 1.23 bits per heavy atom. The number of rotatable bonds is 2. The van der Waals surface area contributed by atoms with Crippen molar-refractivity contribution in [1.29, 1.82) is 0 Å². The van der Waals surface area contributed by atoms with Crippen LogP contribution in [0.1, 0.15) is 35.7 Å². The smallest absolute Gasteiger partial charge is 0.335 e. The first-order chi connectivity index (χ1) is 5.61. The first kappa shape index (κ1) is 12.0. The summed E-state index contributed by atoms with van der Waals surface area (Å²) in [4.78, 5) is 10.5. The number of hydrogen-bond donors (Lipinski definition) is 1. The molecule has 0 aliphatic rings. The first-order valence-electron chi connectivity index (χ1n) is 3.94. The molecule has 0 aromatic heterocycles. The van der Waals surface area contributed by atoms with Gasteiger partial charge in [0.1, 0.15) is 0 Å². The maximum Gasteiger partial charge on any atom is 0.335 e. The van der Waals surface area contributed by atoms with Crippen molar-refractivity contribution < 1.29 is 9.90 Å². The Kier molecular flexibility index (Phi) is 4.49. The van der Waals surface area contributed by atoms with Gasteiger partial charge in [-0.1, -0.05) is 26.0 Å². The molecule has 0 saturated heterocycles. The molecule has 0 radical (unpaired) electrons. The van der Waals surface area contributed by atoms with Gasteiger partial charge in [-0.25, -0.2) is 4.79 Å². The lowest BCUT2D eigenvalue weighted by Crippen LogP contribution is -1.96. The van der Waals surface area contributed by atoms with Crippen LogP contribution in [-0.2, 0) is 0 Å². The molecule has 72 valence electrons. The lowest BCUT2D eigenvalue weighted by atomic mass is 10.0. The zero-order valence-corrected chi connectivity index (χ0v) is 8.47. The van der Waals surface area contributed by atoms with Crippen LogP contribution in [0, 0.1) is 0 Å². The van der Waals surface area contributed by atoms with Crippen molar-refractivity contribution in [1.82, 2.24) is 0 Å². The van der Waals surface area contributed by atoms with Gasteiger partial charge in [-0.2, -0.15) is 0 Å². The van der Waals surface area contributed by atoms with Gasteiger partial charge in [0.05, 0.1) is 5.56 Å². The van der Waals surface area contributed by atoms with Crippen LogP contribution >= 0.6 is 12.4 Å². The molecule has 1 aromatic carbocycles. The molecule has 0 unspecified atom stereocenters. The van der Waals surface area contributed by atoms with E-state index in [0.717, 1.165) is 0 Å². The van der Waals surface area contributed by atoms with Crippen molar-refractivity contribution in [2.45, 2.75) is 19.8 Å². The fourth-order valence-corrected chi connectivity index (χ4v) is 1.01. The number of halogens is 1. The zero-order valence-electron chi connectivity index (χ0n) is 7.65. The third-order valence-corrected chi connectivity index (χ3v) is 1.82. The number of aromatic carboxylic acids is 1. The summed E-state index contributed by atoms with van der Waals surface area (Å²) < 4.78 is 0. The van der Waals surface area contributed by atoms with Crippen molar-refractivity contribution in [2.24, 2.45) is 0 Å². The molecule has 0 bridgehead atoms. The molecule has 0 aliphatic carbocycles. The van der Waals surface area contributed by atoms with Crippen molar-refractivity contribution >= 4 is 18.4 Å². The van der Waals surface area contributed by atoms with E-state index >= 15 is 0 Å². The largest absolute Gasteiger partial charge is 0.478 e. The van der Waals surface area contributed by atoms with Crippen LogP contribution in [0.25, 0.3) is 0 Å². The van der Waals surface area contributed by atoms with E-state index in [1.165, 1.54) is 5.56 Å². The molecular weight excluding hydrogens is 188 g/mol. The number of hydrogen-bond acceptors (Lipinski definition) is 1. The Bertz CT molecular complexity index is 277. The molecule has 0 spiro atoms. The maximum absolute atomic E-state index is 10.5. The second kappa shape index (κ2) is 4.87. The van der Waals surface area contributed by atoms with E-state index in [9.17, 15) is 4.79 Å². The van der Waals surface area contributed by atoms with Gasteiger partial charge in [0.25, 0.3) is 0 Å². The Morgan fingerprint density at radius 3 is 2.00 bits per heavy atom. The van der Waals surface area contributed by atoms with Gasteiger partial charge in [0.15, 0.2) is 0 Å². The van der Waals surface area contributed by atoms with Gasteiger partial charge in [-0.05, 0) is 23.6 Å². The monoisotopic (exact) mass is 200 g/mol. The van der Waals surface area contributed by atoms with E-state index < -0.39 is 5.97 Å². The molecule has 1 rings (SSSR count). The average molecular weight is 201 g/mol. The molecule has 1 N–H and O–H groups in total. The summed E-state index contributed by atoms with van der Waals surface area (Å²) in [6, 6.07) is 6.98. The van der Waals surface area contributed by atoms with E-state index in [0.29, 0.717) is 11.5 Å². The Balaban J connectivity index is 0.00000144. The van der Waals surface area contributed by atoms with Crippen LogP contribution in [0.15, 0.2) is 24.3 Å². The third-order valence-electron chi connectivity index (χ3n) is 1.82. The molecule has 0 atom stereocenters. The lowest BCUT2D eigenvalue weighted by molar-refractivity contribution is 0.0697. The molecule has 13 heavy (non-hydrogen) atoms. The summed E-state index contributed by atoms with van der Waals surface area (Å²) in [6.07, 6.45) is 0. The van der Waals surface area contributed by atoms with E-state index in [4.69, 9.17) is 5.11 Å². The van der Waals surface area contributed by atoms with Gasteiger partial charge in [0, 0.05) is 0 Å². The second-order valence-corrected chi connectivity index (χ2v) is 3.08. The lowest BCUT2D eigenvalue weighted by Gasteiger charge is -2.04. The Labute approximate surface area is 84.0 Å². The minimum atomic E-state index is -0.870. The minimum Gasteiger partial charge on any atom is -0.478 e. The highest BCUT2D eigenvalue weighted by Gasteiger charge is 2.02. The van der Waals surface area contributed by atoms with Crippen molar-refractivity contribution in [3.63, 3.8) is 0 Å². The third kappa shape index (κ3) is 3.07. The normalized spacial score (nSPS) is 9.46. The Morgan fingerprint density at radius 2 is 1.69 bits per heavy atom. The standard InChI is InChI=1S/C10H12O2.ClH/c1-7(2)8-3-5-9(6-4-8)10(11)12;/h3-7H,1-2H3,(H,11,12);1H. The average Bonchev–Trinajstić information content (AvgIpc) is 2.04. The fourth-order valence-electron chi connectivity index (χ4n) is 1.01. The summed E-state index contributed by atoms with van der Waals surface area (Å²) in [5.74, 6) is -0.418. The van der Waals surface area contributed by atoms with E-state index in [-0.39, 0.29) is 12.4 Å². The predicted octanol–water partition coefficient (Wildman–Crippen LogP) is 2.93. The summed E-state index contributed by atoms with van der Waals surface area (Å²) in [7, 11) is 0. The van der Waals surface area contributed by atoms with E-state index in [2.05, 4.69) is 13.8 Å². The van der Waals surface area contributed by atoms with Crippen LogP contribution in [0.2, 0.25) is 0 Å². The summed E-state index contributed by atoms with van der Waals surface area (Å²) >= 11 is 0. The number of benzene rings is 1. The highest BCUT2D eigenvalue weighted by molar-refractivity contribution is 5.87. The second-order valence-electron chi connectivity index (χ2n) is 3.08. The predicted molar refractivity (Wildman–Crippen MR) is 54.7 cm³/mol. The van der Waals surface area contributed by atoms with Crippen LogP contribution in [0.3, 0.4) is 0 Å². The number of carboxylic acids is 1. The van der Waals surface area contributed by atoms with Crippen molar-refractivity contribution in [3.8, 4) is 0 Å². The summed E-state index contributed by atoms with van der Waals surface area (Å²) in [6.45, 7) is 4.16. The van der Waals surface area contributed by atoms with Crippen LogP contribution < -0.4 is 0 Å². The molecule has 0 heterocycles. The minimum absolute atomic E-state index is 0. The zero-order chi connectivity index (χ0) is 9.14. The fraction of sp³-hybridized carbons (Fsp3) is 0.300. The molecular formula is C10H13ClO2. The highest BCUT2D eigenvalue weighted by Crippen LogP contribution is 2.14. The van der Waals surface area contributed by atoms with Crippen LogP contribution in [0.4, 0.5) is 0 Å². The summed E-state index contributed by atoms with van der Waals surface area (Å²) in [5.41, 5.74) is 1.51. The first-order valence-corrected chi connectivity index (χ1v) is 3.94. The molecule has 1 aromatic rings. The molecule has 0 aliphatic heterocycles. The van der Waals surface area contributed by atoms with Gasteiger partial charge >= 0.3 is 5.97 Å².